The zero-order valence-electron chi connectivity index (χ0n) is 13.2. The third-order valence-corrected chi connectivity index (χ3v) is 3.93. The Balaban J connectivity index is 1.90. The molecule has 0 fully saturated rings. The first-order valence-electron chi connectivity index (χ1n) is 7.60. The summed E-state index contributed by atoms with van der Waals surface area (Å²) in [7, 11) is 0. The van der Waals surface area contributed by atoms with E-state index in [9.17, 15) is 9.50 Å². The number of hydrogen-bond acceptors (Lipinski definition) is 6. The smallest absolute Gasteiger partial charge is 0.315 e. The van der Waals surface area contributed by atoms with Gasteiger partial charge in [0.25, 0.3) is 0 Å². The summed E-state index contributed by atoms with van der Waals surface area (Å²) < 4.78 is 14.3. The van der Waals surface area contributed by atoms with Gasteiger partial charge in [-0.25, -0.2) is 19.3 Å². The van der Waals surface area contributed by atoms with E-state index in [1.807, 2.05) is 6.07 Å². The highest BCUT2D eigenvalue weighted by molar-refractivity contribution is 6.30. The van der Waals surface area contributed by atoms with E-state index >= 15 is 0 Å². The molecule has 0 unspecified atom stereocenters. The zero-order chi connectivity index (χ0) is 18.1. The van der Waals surface area contributed by atoms with Crippen molar-refractivity contribution in [3.63, 3.8) is 0 Å². The molecule has 0 aliphatic carbocycles. The van der Waals surface area contributed by atoms with Gasteiger partial charge in [0, 0.05) is 28.4 Å². The summed E-state index contributed by atoms with van der Waals surface area (Å²) in [5.74, 6) is -0.0609. The number of halogens is 2. The molecule has 8 heteroatoms. The lowest BCUT2D eigenvalue weighted by molar-refractivity contribution is 0.431. The Bertz CT molecular complexity index is 1120. The van der Waals surface area contributed by atoms with Crippen LogP contribution >= 0.6 is 11.6 Å². The molecule has 0 spiro atoms. The zero-order valence-corrected chi connectivity index (χ0v) is 13.9. The highest BCUT2D eigenvalue weighted by Crippen LogP contribution is 2.31. The minimum Gasteiger partial charge on any atom is -0.479 e. The molecular formula is C18H11ClFN5O. The number of pyridine rings is 2. The van der Waals surface area contributed by atoms with Crippen LogP contribution in [0.25, 0.3) is 22.3 Å². The van der Waals surface area contributed by atoms with Crippen molar-refractivity contribution in [2.24, 2.45) is 0 Å². The first-order chi connectivity index (χ1) is 12.6. The molecular weight excluding hydrogens is 357 g/mol. The second-order valence-electron chi connectivity index (χ2n) is 5.42. The first-order valence-corrected chi connectivity index (χ1v) is 7.98. The standard InChI is InChI=1S/C18H11ClFN5O/c19-10-3-4-13(20)12(8-10)15-9-14(11-2-1-6-21-17(11)24-15)23-16-5-7-22-18(26)25-16/h1-9H,(H2,21,22,23,24,25,26). The van der Waals surface area contributed by atoms with Gasteiger partial charge in [0.05, 0.1) is 11.4 Å². The van der Waals surface area contributed by atoms with Crippen molar-refractivity contribution in [3.05, 3.63) is 65.7 Å². The monoisotopic (exact) mass is 367 g/mol. The quantitative estimate of drug-likeness (QED) is 0.560. The predicted molar refractivity (Wildman–Crippen MR) is 96.9 cm³/mol. The molecule has 3 aromatic heterocycles. The Kier molecular flexibility index (Phi) is 4.06. The van der Waals surface area contributed by atoms with Gasteiger partial charge in [0.15, 0.2) is 5.65 Å². The maximum Gasteiger partial charge on any atom is 0.315 e. The van der Waals surface area contributed by atoms with Gasteiger partial charge in [-0.15, -0.1) is 0 Å². The molecule has 0 amide bonds. The number of nitrogens with zero attached hydrogens (tertiary/aromatic N) is 4. The molecule has 0 radical (unpaired) electrons. The number of benzene rings is 1. The highest BCUT2D eigenvalue weighted by atomic mass is 35.5. The van der Waals surface area contributed by atoms with Gasteiger partial charge in [0.2, 0.25) is 0 Å². The van der Waals surface area contributed by atoms with Crippen molar-refractivity contribution in [1.82, 2.24) is 19.9 Å². The Morgan fingerprint density at radius 2 is 1.88 bits per heavy atom. The Morgan fingerprint density at radius 1 is 1.00 bits per heavy atom. The fourth-order valence-corrected chi connectivity index (χ4v) is 2.72. The van der Waals surface area contributed by atoms with E-state index in [1.165, 1.54) is 24.4 Å². The summed E-state index contributed by atoms with van der Waals surface area (Å²) >= 11 is 6.00. The summed E-state index contributed by atoms with van der Waals surface area (Å²) in [6.45, 7) is 0. The average molecular weight is 368 g/mol. The van der Waals surface area contributed by atoms with Gasteiger partial charge in [0.1, 0.15) is 11.6 Å². The van der Waals surface area contributed by atoms with Crippen molar-refractivity contribution in [3.8, 4) is 17.3 Å². The van der Waals surface area contributed by atoms with Gasteiger partial charge in [-0.3, -0.25) is 0 Å². The van der Waals surface area contributed by atoms with Crippen molar-refractivity contribution >= 4 is 34.1 Å². The van der Waals surface area contributed by atoms with Crippen LogP contribution in [0.4, 0.5) is 15.9 Å². The molecule has 0 aliphatic rings. The summed E-state index contributed by atoms with van der Waals surface area (Å²) in [4.78, 5) is 16.2. The number of aromatic hydroxyl groups is 1. The summed E-state index contributed by atoms with van der Waals surface area (Å²) in [5.41, 5.74) is 1.68. The molecule has 0 saturated heterocycles. The van der Waals surface area contributed by atoms with E-state index in [1.54, 1.807) is 24.4 Å². The number of fused-ring (bicyclic) bond motifs is 1. The number of hydrogen-bond donors (Lipinski definition) is 2. The van der Waals surface area contributed by atoms with E-state index in [0.717, 1.165) is 5.39 Å². The maximum atomic E-state index is 14.3. The van der Waals surface area contributed by atoms with Crippen LogP contribution < -0.4 is 5.32 Å². The Hall–Kier alpha value is -3.32. The summed E-state index contributed by atoms with van der Waals surface area (Å²) in [5, 5.41) is 13.7. The normalized spacial score (nSPS) is 10.8. The van der Waals surface area contributed by atoms with Crippen LogP contribution in [-0.2, 0) is 0 Å². The second-order valence-corrected chi connectivity index (χ2v) is 5.86. The van der Waals surface area contributed by atoms with Crippen LogP contribution in [-0.4, -0.2) is 25.0 Å². The number of nitrogens with one attached hydrogen (secondary N) is 1. The van der Waals surface area contributed by atoms with Crippen molar-refractivity contribution in [1.29, 1.82) is 0 Å². The molecule has 0 bridgehead atoms. The van der Waals surface area contributed by atoms with Crippen LogP contribution in [0.15, 0.2) is 54.9 Å². The fraction of sp³-hybridized carbons (Fsp3) is 0. The molecule has 6 nitrogen and oxygen atoms in total. The molecule has 3 heterocycles. The average Bonchev–Trinajstić information content (AvgIpc) is 2.64. The van der Waals surface area contributed by atoms with Gasteiger partial charge in [-0.05, 0) is 42.5 Å². The lowest BCUT2D eigenvalue weighted by Crippen LogP contribution is -1.99. The lowest BCUT2D eigenvalue weighted by atomic mass is 10.1. The van der Waals surface area contributed by atoms with E-state index < -0.39 is 5.82 Å². The number of aromatic nitrogens is 4. The SMILES string of the molecule is Oc1nccc(Nc2cc(-c3cc(Cl)ccc3F)nc3ncccc23)n1. The van der Waals surface area contributed by atoms with E-state index in [-0.39, 0.29) is 11.6 Å². The van der Waals surface area contributed by atoms with Gasteiger partial charge in [-0.2, -0.15) is 4.98 Å². The van der Waals surface area contributed by atoms with Crippen LogP contribution in [0.3, 0.4) is 0 Å². The molecule has 0 atom stereocenters. The molecule has 2 N–H and O–H groups in total. The second kappa shape index (κ2) is 6.53. The Labute approximate surface area is 152 Å². The van der Waals surface area contributed by atoms with Gasteiger partial charge in [-0.1, -0.05) is 11.6 Å². The number of rotatable bonds is 3. The molecule has 4 aromatic rings. The number of anilines is 2. The summed E-state index contributed by atoms with van der Waals surface area (Å²) in [6, 6.07) is 10.8. The topological polar surface area (TPSA) is 83.8 Å². The minimum absolute atomic E-state index is 0.263. The third-order valence-electron chi connectivity index (χ3n) is 3.69. The van der Waals surface area contributed by atoms with Crippen molar-refractivity contribution in [2.45, 2.75) is 0 Å². The minimum atomic E-state index is -0.442. The third kappa shape index (κ3) is 3.12. The molecule has 128 valence electrons. The highest BCUT2D eigenvalue weighted by Gasteiger charge is 2.13. The summed E-state index contributed by atoms with van der Waals surface area (Å²) in [6.07, 6.45) is 3.03. The molecule has 4 rings (SSSR count). The fourth-order valence-electron chi connectivity index (χ4n) is 2.55. The lowest BCUT2D eigenvalue weighted by Gasteiger charge is -2.11. The molecule has 1 aromatic carbocycles. The van der Waals surface area contributed by atoms with Gasteiger partial charge < -0.3 is 10.4 Å². The molecule has 0 aliphatic heterocycles. The maximum absolute atomic E-state index is 14.3. The van der Waals surface area contributed by atoms with Crippen LogP contribution in [0, 0.1) is 5.82 Å². The van der Waals surface area contributed by atoms with E-state index in [0.29, 0.717) is 27.9 Å². The van der Waals surface area contributed by atoms with E-state index in [4.69, 9.17) is 11.6 Å². The van der Waals surface area contributed by atoms with Crippen LogP contribution in [0.5, 0.6) is 6.01 Å². The molecule has 26 heavy (non-hydrogen) atoms. The van der Waals surface area contributed by atoms with Crippen molar-refractivity contribution in [2.75, 3.05) is 5.32 Å². The van der Waals surface area contributed by atoms with Gasteiger partial charge >= 0.3 is 6.01 Å². The van der Waals surface area contributed by atoms with Crippen LogP contribution in [0.1, 0.15) is 0 Å². The van der Waals surface area contributed by atoms with Crippen LogP contribution in [0.2, 0.25) is 5.02 Å². The largest absolute Gasteiger partial charge is 0.479 e. The predicted octanol–water partition coefficient (Wildman–Crippen LogP) is 4.33. The van der Waals surface area contributed by atoms with E-state index in [2.05, 4.69) is 25.3 Å². The first kappa shape index (κ1) is 16.2. The van der Waals surface area contributed by atoms with Crippen molar-refractivity contribution < 1.29 is 9.50 Å². The molecule has 0 saturated carbocycles. The Morgan fingerprint density at radius 3 is 2.73 bits per heavy atom.